The van der Waals surface area contributed by atoms with Gasteiger partial charge >= 0.3 is 0 Å². The maximum Gasteiger partial charge on any atom is 0.138 e. The summed E-state index contributed by atoms with van der Waals surface area (Å²) >= 11 is 7.85. The van der Waals surface area contributed by atoms with Crippen LogP contribution in [-0.2, 0) is 13.0 Å². The SMILES string of the molecule is CCCn1ncnc1CC(CSc1ccccc1Cl)NN. The van der Waals surface area contributed by atoms with Gasteiger partial charge < -0.3 is 0 Å². The first-order valence-electron chi connectivity index (χ1n) is 6.94. The number of thioether (sulfide) groups is 1. The predicted octanol–water partition coefficient (Wildman–Crippen LogP) is 2.51. The Morgan fingerprint density at radius 1 is 1.43 bits per heavy atom. The summed E-state index contributed by atoms with van der Waals surface area (Å²) in [5.41, 5.74) is 2.85. The third kappa shape index (κ3) is 4.71. The Morgan fingerprint density at radius 3 is 2.95 bits per heavy atom. The zero-order valence-electron chi connectivity index (χ0n) is 12.0. The first kappa shape index (κ1) is 16.3. The lowest BCUT2D eigenvalue weighted by Gasteiger charge is -2.16. The van der Waals surface area contributed by atoms with Crippen molar-refractivity contribution >= 4 is 23.4 Å². The molecule has 1 aromatic carbocycles. The van der Waals surface area contributed by atoms with Crippen LogP contribution in [0.5, 0.6) is 0 Å². The van der Waals surface area contributed by atoms with Gasteiger partial charge in [-0.05, 0) is 18.6 Å². The number of nitrogens with one attached hydrogen (secondary N) is 1. The van der Waals surface area contributed by atoms with Crippen LogP contribution in [-0.4, -0.2) is 26.6 Å². The molecule has 0 radical (unpaired) electrons. The lowest BCUT2D eigenvalue weighted by molar-refractivity contribution is 0.513. The van der Waals surface area contributed by atoms with Crippen molar-refractivity contribution in [3.63, 3.8) is 0 Å². The van der Waals surface area contributed by atoms with Crippen molar-refractivity contribution in [2.24, 2.45) is 5.84 Å². The Morgan fingerprint density at radius 2 is 2.24 bits per heavy atom. The highest BCUT2D eigenvalue weighted by atomic mass is 35.5. The number of halogens is 1. The van der Waals surface area contributed by atoms with E-state index >= 15 is 0 Å². The van der Waals surface area contributed by atoms with E-state index in [1.807, 2.05) is 28.9 Å². The van der Waals surface area contributed by atoms with E-state index < -0.39 is 0 Å². The highest BCUT2D eigenvalue weighted by molar-refractivity contribution is 7.99. The van der Waals surface area contributed by atoms with Gasteiger partial charge in [0.2, 0.25) is 0 Å². The topological polar surface area (TPSA) is 68.8 Å². The number of aromatic nitrogens is 3. The maximum absolute atomic E-state index is 6.16. The van der Waals surface area contributed by atoms with Crippen LogP contribution in [0, 0.1) is 0 Å². The molecular weight excluding hydrogens is 306 g/mol. The summed E-state index contributed by atoms with van der Waals surface area (Å²) in [5, 5.41) is 5.01. The molecule has 2 rings (SSSR count). The van der Waals surface area contributed by atoms with Crippen molar-refractivity contribution in [3.05, 3.63) is 41.4 Å². The number of hydrogen-bond acceptors (Lipinski definition) is 5. The summed E-state index contributed by atoms with van der Waals surface area (Å²) in [4.78, 5) is 5.38. The quantitative estimate of drug-likeness (QED) is 0.443. The molecule has 0 spiro atoms. The third-order valence-corrected chi connectivity index (χ3v) is 4.75. The maximum atomic E-state index is 6.16. The number of hydrogen-bond donors (Lipinski definition) is 2. The molecule has 0 aliphatic carbocycles. The lowest BCUT2D eigenvalue weighted by atomic mass is 10.2. The van der Waals surface area contributed by atoms with Crippen molar-refractivity contribution in [2.75, 3.05) is 5.75 Å². The monoisotopic (exact) mass is 325 g/mol. The van der Waals surface area contributed by atoms with Crippen molar-refractivity contribution in [3.8, 4) is 0 Å². The van der Waals surface area contributed by atoms with Crippen LogP contribution >= 0.6 is 23.4 Å². The van der Waals surface area contributed by atoms with E-state index in [2.05, 4.69) is 22.4 Å². The van der Waals surface area contributed by atoms with E-state index in [1.54, 1.807) is 18.1 Å². The van der Waals surface area contributed by atoms with Gasteiger partial charge in [0.1, 0.15) is 12.2 Å². The largest absolute Gasteiger partial charge is 0.271 e. The molecule has 0 aliphatic heterocycles. The summed E-state index contributed by atoms with van der Waals surface area (Å²) in [5.74, 6) is 7.44. The van der Waals surface area contributed by atoms with E-state index in [0.29, 0.717) is 0 Å². The average Bonchev–Trinajstić information content (AvgIpc) is 2.92. The fraction of sp³-hybridized carbons (Fsp3) is 0.429. The second kappa shape index (κ2) is 8.38. The fourth-order valence-electron chi connectivity index (χ4n) is 1.98. The number of nitrogens with two attached hydrogens (primary N) is 1. The number of rotatable bonds is 8. The molecule has 1 aromatic heterocycles. The fourth-order valence-corrected chi connectivity index (χ4v) is 3.26. The summed E-state index contributed by atoms with van der Waals surface area (Å²) in [6.07, 6.45) is 3.37. The van der Waals surface area contributed by atoms with Gasteiger partial charge in [0.25, 0.3) is 0 Å². The standard InChI is InChI=1S/C14H20ClN5S/c1-2-7-20-14(17-10-18-20)8-11(19-16)9-21-13-6-4-3-5-12(13)15/h3-6,10-11,19H,2,7-9,16H2,1H3. The van der Waals surface area contributed by atoms with Crippen molar-refractivity contribution in [1.82, 2.24) is 20.2 Å². The second-order valence-electron chi connectivity index (χ2n) is 4.71. The van der Waals surface area contributed by atoms with E-state index in [4.69, 9.17) is 17.4 Å². The zero-order valence-corrected chi connectivity index (χ0v) is 13.6. The molecule has 0 saturated heterocycles. The van der Waals surface area contributed by atoms with Gasteiger partial charge in [-0.15, -0.1) is 11.8 Å². The first-order chi connectivity index (χ1) is 10.2. The van der Waals surface area contributed by atoms with Crippen LogP contribution in [0.4, 0.5) is 0 Å². The molecule has 1 heterocycles. The highest BCUT2D eigenvalue weighted by Crippen LogP contribution is 2.27. The molecule has 7 heteroatoms. The highest BCUT2D eigenvalue weighted by Gasteiger charge is 2.13. The van der Waals surface area contributed by atoms with Crippen LogP contribution in [0.15, 0.2) is 35.5 Å². The Bertz CT molecular complexity index is 560. The Kier molecular flexibility index (Phi) is 6.50. The number of hydrazine groups is 1. The van der Waals surface area contributed by atoms with E-state index in [0.717, 1.165) is 40.9 Å². The molecule has 1 unspecified atom stereocenters. The Labute approximate surface area is 134 Å². The van der Waals surface area contributed by atoms with Crippen molar-refractivity contribution < 1.29 is 0 Å². The van der Waals surface area contributed by atoms with Gasteiger partial charge in [-0.25, -0.2) is 4.98 Å². The zero-order chi connectivity index (χ0) is 15.1. The average molecular weight is 326 g/mol. The molecule has 5 nitrogen and oxygen atoms in total. The summed E-state index contributed by atoms with van der Waals surface area (Å²) < 4.78 is 1.94. The molecular formula is C14H20ClN5S. The van der Waals surface area contributed by atoms with Crippen LogP contribution in [0.1, 0.15) is 19.2 Å². The summed E-state index contributed by atoms with van der Waals surface area (Å²) in [6.45, 7) is 3.00. The molecule has 0 bridgehead atoms. The van der Waals surface area contributed by atoms with Gasteiger partial charge in [0.05, 0.1) is 5.02 Å². The summed E-state index contributed by atoms with van der Waals surface area (Å²) in [7, 11) is 0. The summed E-state index contributed by atoms with van der Waals surface area (Å²) in [6, 6.07) is 7.94. The third-order valence-electron chi connectivity index (χ3n) is 3.07. The lowest BCUT2D eigenvalue weighted by Crippen LogP contribution is -2.39. The predicted molar refractivity (Wildman–Crippen MR) is 87.3 cm³/mol. The number of benzene rings is 1. The molecule has 2 aromatic rings. The van der Waals surface area contributed by atoms with E-state index in [-0.39, 0.29) is 6.04 Å². The minimum Gasteiger partial charge on any atom is -0.271 e. The molecule has 3 N–H and O–H groups in total. The van der Waals surface area contributed by atoms with Gasteiger partial charge in [0, 0.05) is 29.7 Å². The first-order valence-corrected chi connectivity index (χ1v) is 8.31. The van der Waals surface area contributed by atoms with Gasteiger partial charge in [-0.3, -0.25) is 16.0 Å². The molecule has 114 valence electrons. The van der Waals surface area contributed by atoms with Gasteiger partial charge in [-0.2, -0.15) is 5.10 Å². The molecule has 0 fully saturated rings. The van der Waals surface area contributed by atoms with Gasteiger partial charge in [0.15, 0.2) is 0 Å². The van der Waals surface area contributed by atoms with Gasteiger partial charge in [-0.1, -0.05) is 30.7 Å². The molecule has 21 heavy (non-hydrogen) atoms. The minimum absolute atomic E-state index is 0.117. The number of aryl methyl sites for hydroxylation is 1. The smallest absolute Gasteiger partial charge is 0.138 e. The van der Waals surface area contributed by atoms with E-state index in [9.17, 15) is 0 Å². The molecule has 1 atom stereocenters. The minimum atomic E-state index is 0.117. The Balaban J connectivity index is 1.94. The van der Waals surface area contributed by atoms with Crippen molar-refractivity contribution in [2.45, 2.75) is 37.2 Å². The Hall–Kier alpha value is -1.08. The second-order valence-corrected chi connectivity index (χ2v) is 6.18. The normalized spacial score (nSPS) is 12.5. The van der Waals surface area contributed by atoms with Crippen LogP contribution in [0.2, 0.25) is 5.02 Å². The van der Waals surface area contributed by atoms with Crippen LogP contribution in [0.25, 0.3) is 0 Å². The molecule has 0 saturated carbocycles. The molecule has 0 amide bonds. The number of nitrogens with zero attached hydrogens (tertiary/aromatic N) is 3. The van der Waals surface area contributed by atoms with Crippen LogP contribution in [0.3, 0.4) is 0 Å². The van der Waals surface area contributed by atoms with E-state index in [1.165, 1.54) is 0 Å². The molecule has 0 aliphatic rings. The van der Waals surface area contributed by atoms with Crippen LogP contribution < -0.4 is 11.3 Å². The van der Waals surface area contributed by atoms with Crippen molar-refractivity contribution in [1.29, 1.82) is 0 Å².